The molecular weight excluding hydrogens is 1180 g/mol. The van der Waals surface area contributed by atoms with Crippen LogP contribution in [0.1, 0.15) is 155 Å². The van der Waals surface area contributed by atoms with Gasteiger partial charge >= 0.3 is 11.9 Å². The van der Waals surface area contributed by atoms with Crippen molar-refractivity contribution in [2.24, 2.45) is 5.92 Å². The molecule has 1 aliphatic carbocycles. The number of carbonyl (C=O) groups is 5. The number of benzene rings is 3. The lowest BCUT2D eigenvalue weighted by Gasteiger charge is -2.27. The van der Waals surface area contributed by atoms with E-state index in [0.29, 0.717) is 104 Å². The topological polar surface area (TPSA) is 255 Å². The first-order chi connectivity index (χ1) is 43.8. The van der Waals surface area contributed by atoms with Crippen molar-refractivity contribution in [1.82, 2.24) is 10.6 Å². The predicted octanol–water partition coefficient (Wildman–Crippen LogP) is 11.1. The summed E-state index contributed by atoms with van der Waals surface area (Å²) in [6.45, 7) is 17.9. The van der Waals surface area contributed by atoms with E-state index < -0.39 is 39.7 Å². The van der Waals surface area contributed by atoms with E-state index in [1.54, 1.807) is 12.1 Å². The van der Waals surface area contributed by atoms with Crippen LogP contribution in [0.2, 0.25) is 0 Å². The van der Waals surface area contributed by atoms with Crippen LogP contribution in [0.15, 0.2) is 125 Å². The highest BCUT2D eigenvalue weighted by molar-refractivity contribution is 7.85. The van der Waals surface area contributed by atoms with Crippen molar-refractivity contribution in [3.05, 3.63) is 131 Å². The summed E-state index contributed by atoms with van der Waals surface area (Å²) in [7, 11) is -4.46. The summed E-state index contributed by atoms with van der Waals surface area (Å²) in [5.41, 5.74) is 7.87. The maximum Gasteiger partial charge on any atom is 0.309 e. The maximum atomic E-state index is 12.8. The number of unbranched alkanes of at least 4 members (excludes halogenated alkanes) is 4. The van der Waals surface area contributed by atoms with Gasteiger partial charge in [-0.1, -0.05) is 89.4 Å². The lowest BCUT2D eigenvalue weighted by molar-refractivity contribution is -0.438. The van der Waals surface area contributed by atoms with Gasteiger partial charge in [0, 0.05) is 79.8 Å². The largest absolute Gasteiger partial charge is 0.481 e. The van der Waals surface area contributed by atoms with Gasteiger partial charge in [0.2, 0.25) is 23.8 Å². The minimum Gasteiger partial charge on any atom is -0.481 e. The highest BCUT2D eigenvalue weighted by Crippen LogP contribution is 2.49. The fourth-order valence-electron chi connectivity index (χ4n) is 11.6. The number of carboxylic acid groups (broad SMARTS) is 1. The Bertz CT molecular complexity index is 3150. The molecular formula is C70H97N4O16S+. The van der Waals surface area contributed by atoms with Gasteiger partial charge in [-0.05, 0) is 124 Å². The number of nitrogens with zero attached hydrogens (tertiary/aromatic N) is 2. The van der Waals surface area contributed by atoms with Crippen LogP contribution in [0, 0.1) is 5.92 Å². The van der Waals surface area contributed by atoms with Gasteiger partial charge in [-0.2, -0.15) is 13.0 Å². The first-order valence-electron chi connectivity index (χ1n) is 32.4. The molecule has 21 heteroatoms. The van der Waals surface area contributed by atoms with Gasteiger partial charge in [-0.3, -0.25) is 28.5 Å². The Morgan fingerprint density at radius 3 is 2.08 bits per heavy atom. The quantitative estimate of drug-likeness (QED) is 0.0103. The number of aliphatic carboxylic acids is 1. The highest BCUT2D eigenvalue weighted by Gasteiger charge is 2.44. The Morgan fingerprint density at radius 2 is 1.38 bits per heavy atom. The van der Waals surface area contributed by atoms with Crippen molar-refractivity contribution in [2.75, 3.05) is 83.9 Å². The Balaban J connectivity index is 0.891. The molecule has 0 bridgehead atoms. The lowest BCUT2D eigenvalue weighted by Crippen LogP contribution is -2.28. The van der Waals surface area contributed by atoms with Gasteiger partial charge in [0.05, 0.1) is 75.5 Å². The van der Waals surface area contributed by atoms with Crippen LogP contribution in [0.4, 0.5) is 11.4 Å². The van der Waals surface area contributed by atoms with E-state index in [1.807, 2.05) is 37.3 Å². The minimum atomic E-state index is -4.46. The number of para-hydroxylation sites is 2. The van der Waals surface area contributed by atoms with E-state index in [-0.39, 0.29) is 54.5 Å². The number of carboxylic acids is 1. The first kappa shape index (κ1) is 73.0. The normalized spacial score (nSPS) is 16.7. The van der Waals surface area contributed by atoms with Crippen molar-refractivity contribution in [3.8, 4) is 5.75 Å². The van der Waals surface area contributed by atoms with Crippen molar-refractivity contribution in [2.45, 2.75) is 166 Å². The van der Waals surface area contributed by atoms with E-state index in [4.69, 9.17) is 33.2 Å². The zero-order chi connectivity index (χ0) is 65.7. The second-order valence-electron chi connectivity index (χ2n) is 24.0. The van der Waals surface area contributed by atoms with Crippen molar-refractivity contribution >= 4 is 57.4 Å². The van der Waals surface area contributed by atoms with Gasteiger partial charge in [0.1, 0.15) is 18.1 Å². The zero-order valence-electron chi connectivity index (χ0n) is 54.2. The second kappa shape index (κ2) is 37.5. The van der Waals surface area contributed by atoms with Crippen LogP contribution in [-0.2, 0) is 73.3 Å². The number of esters is 1. The number of fused-ring (bicyclic) bond motifs is 2. The maximum absolute atomic E-state index is 12.8. The number of hydrogen-bond acceptors (Lipinski definition) is 15. The number of carbonyl (C=O) groups excluding carboxylic acids is 4. The van der Waals surface area contributed by atoms with Crippen molar-refractivity contribution in [3.63, 3.8) is 0 Å². The van der Waals surface area contributed by atoms with Crippen LogP contribution in [-0.4, -0.2) is 144 Å². The number of allylic oxidation sites excluding steroid dienone is 7. The van der Waals surface area contributed by atoms with Crippen LogP contribution < -0.4 is 20.3 Å². The number of hydrogen-bond donors (Lipinski definition) is 4. The molecule has 6 rings (SSSR count). The number of anilines is 1. The number of rotatable bonds is 43. The molecule has 0 fully saturated rings. The molecule has 0 saturated carbocycles. The molecule has 0 radical (unpaired) electrons. The third kappa shape index (κ3) is 22.7. The molecule has 3 aromatic carbocycles. The second-order valence-corrected chi connectivity index (χ2v) is 25.5. The molecule has 498 valence electrons. The molecule has 4 N–H and O–H groups in total. The average Bonchev–Trinajstić information content (AvgIpc) is 1.61. The number of nitrogens with one attached hydrogen (secondary N) is 2. The summed E-state index contributed by atoms with van der Waals surface area (Å²) < 4.78 is 76.6. The number of ether oxygens (including phenoxy) is 7. The molecule has 2 amide bonds. The van der Waals surface area contributed by atoms with Crippen LogP contribution in [0.25, 0.3) is 0 Å². The molecule has 91 heavy (non-hydrogen) atoms. The fourth-order valence-corrected chi connectivity index (χ4v) is 12.1. The number of amides is 2. The summed E-state index contributed by atoms with van der Waals surface area (Å²) >= 11 is 0. The van der Waals surface area contributed by atoms with Crippen LogP contribution in [0.5, 0.6) is 5.75 Å². The lowest BCUT2D eigenvalue weighted by atomic mass is 9.81. The molecule has 3 aliphatic rings. The highest BCUT2D eigenvalue weighted by atomic mass is 32.2. The predicted molar refractivity (Wildman–Crippen MR) is 348 cm³/mol. The molecule has 2 atom stereocenters. The van der Waals surface area contributed by atoms with E-state index in [1.165, 1.54) is 23.0 Å². The molecule has 2 aliphatic heterocycles. The van der Waals surface area contributed by atoms with Gasteiger partial charge in [0.25, 0.3) is 16.6 Å². The Kier molecular flexibility index (Phi) is 30.1. The van der Waals surface area contributed by atoms with Crippen LogP contribution >= 0.6 is 0 Å². The summed E-state index contributed by atoms with van der Waals surface area (Å²) in [4.78, 5) is 61.5. The van der Waals surface area contributed by atoms with E-state index in [2.05, 4.69) is 103 Å². The summed E-state index contributed by atoms with van der Waals surface area (Å²) in [6.07, 6.45) is 17.1. The summed E-state index contributed by atoms with van der Waals surface area (Å²) in [5, 5.41) is 15.0. The Labute approximate surface area is 538 Å². The van der Waals surface area contributed by atoms with E-state index in [9.17, 15) is 42.0 Å². The fraction of sp³-hybridized carbons (Fsp3) is 0.543. The van der Waals surface area contributed by atoms with Crippen LogP contribution in [0.3, 0.4) is 0 Å². The standard InChI is InChI=1S/C70H96N4O16S/c1-7-9-39-73-59-27-16-15-26-57(59)69(3,4)61(73)34-30-52-22-20-23-53(67(52)89-55-24-12-10-13-25-55)31-35-62-70(5,6)58-50-56(91(81,82)83)32-33-60(58)74(62)40-19-11-14-28-63(76)72-38-42-85-44-46-87-48-47-86-45-43-84-41-36-64(77)71-37-18-17-29-66(88-51-75)90-65(78)49-54(21-8-2)68(79)80/h10,12-13,15-16,24-27,30-35,50-51,54,66H,7-9,11,14,17-23,28-29,36-49H2,1-6H3,(H3-,71,72,76,77,79,80,81,82,83)/p+1/t54-,66+/m1/s1. The van der Waals surface area contributed by atoms with Gasteiger partial charge in [-0.15, -0.1) is 0 Å². The third-order valence-corrected chi connectivity index (χ3v) is 17.4. The molecule has 20 nitrogen and oxygen atoms in total. The minimum absolute atomic E-state index is 0.0581. The Morgan fingerprint density at radius 1 is 0.703 bits per heavy atom. The van der Waals surface area contributed by atoms with E-state index >= 15 is 0 Å². The SMILES string of the molecule is CCCC[N+]1=C(C=CC2=C(Oc3ccccc3)C(=CC=C3N(CCCCCC(=O)NCCOCCOCCOCCOCCC(=O)NCCCC[C@@H](OC=O)OC(=O)C[C@@H](CCC)C(=O)O)c4ccc(S(=O)(=O)O)cc4C3(C)C)CCC2)C(C)(C)c2ccccc21. The zero-order valence-corrected chi connectivity index (χ0v) is 55.0. The van der Waals surface area contributed by atoms with Gasteiger partial charge in [0.15, 0.2) is 5.71 Å². The van der Waals surface area contributed by atoms with Gasteiger partial charge < -0.3 is 53.8 Å². The molecule has 0 spiro atoms. The summed E-state index contributed by atoms with van der Waals surface area (Å²) in [5.74, 6) is -1.37. The molecule has 0 saturated heterocycles. The van der Waals surface area contributed by atoms with Crippen molar-refractivity contribution in [1.29, 1.82) is 0 Å². The van der Waals surface area contributed by atoms with Gasteiger partial charge in [-0.25, -0.2) is 0 Å². The van der Waals surface area contributed by atoms with Crippen molar-refractivity contribution < 1.29 is 79.8 Å². The molecule has 2 heterocycles. The molecule has 3 aromatic rings. The first-order valence-corrected chi connectivity index (χ1v) is 33.8. The average molecular weight is 1280 g/mol. The monoisotopic (exact) mass is 1280 g/mol. The summed E-state index contributed by atoms with van der Waals surface area (Å²) in [6, 6.07) is 23.4. The molecule has 0 aromatic heterocycles. The Hall–Kier alpha value is -7.01. The third-order valence-electron chi connectivity index (χ3n) is 16.5. The van der Waals surface area contributed by atoms with E-state index in [0.717, 1.165) is 91.1 Å². The smallest absolute Gasteiger partial charge is 0.309 e. The molecule has 0 unspecified atom stereocenters.